The molecule has 0 heterocycles. The summed E-state index contributed by atoms with van der Waals surface area (Å²) in [7, 11) is 0.595. The van der Waals surface area contributed by atoms with Crippen molar-refractivity contribution < 1.29 is 69.4 Å². The Hall–Kier alpha value is -5.04. The monoisotopic (exact) mass is 1310 g/mol. The van der Waals surface area contributed by atoms with E-state index < -0.39 is 36.6 Å². The number of rotatable bonds is 18. The predicted molar refractivity (Wildman–Crippen MR) is 303 cm³/mol. The molecule has 0 saturated carbocycles. The van der Waals surface area contributed by atoms with Gasteiger partial charge in [-0.3, -0.25) is 4.90 Å². The molecular weight excluding hydrogens is 1240 g/mol. The number of esters is 2. The predicted octanol–water partition coefficient (Wildman–Crippen LogP) is 7.68. The summed E-state index contributed by atoms with van der Waals surface area (Å²) in [6.45, 7) is 15.8. The maximum Gasteiger partial charge on any atom is 0.410 e. The minimum Gasteiger partial charge on any atom is -1.00 e. The fourth-order valence-corrected chi connectivity index (χ4v) is 12.1. The smallest absolute Gasteiger partial charge is 0.410 e. The van der Waals surface area contributed by atoms with Crippen LogP contribution in [0.1, 0.15) is 55.4 Å². The van der Waals surface area contributed by atoms with Gasteiger partial charge in [-0.15, -0.1) is 0 Å². The number of ether oxygens (including phenoxy) is 6. The maximum absolute atomic E-state index is 12.7. The van der Waals surface area contributed by atoms with Gasteiger partial charge in [0.1, 0.15) is 65.4 Å². The zero-order valence-corrected chi connectivity index (χ0v) is 50.0. The average molecular weight is 1310 g/mol. The number of hydrogen-bond acceptors (Lipinski definition) is 11. The Morgan fingerprint density at radius 1 is 0.575 bits per heavy atom. The summed E-state index contributed by atoms with van der Waals surface area (Å²) < 4.78 is 34.0. The summed E-state index contributed by atoms with van der Waals surface area (Å²) in [5.74, 6) is 0.857. The molecule has 17 heteroatoms. The lowest BCUT2D eigenvalue weighted by Crippen LogP contribution is -3.00. The standard InChI is InChI=1S/C22H22O2P.C19H26INO5.C15H20INO4.BrH/c1-18(22(23)24-2)25(19-12-6-3-7-13-19,20-14-8-4-9-15-20)21-16-10-5-11-17-21;1-14(17(22)24-5)10-11-21(18(23)26-19(2,3)4)12-13-25-16-8-6-15(20)7-9-16;1-15(2,3)21-14(19)17(8-10-18)9-11-20-13-6-4-12(16)5-7-13;/h3-18H,1-2H3;6-10H,11-13H2,1-5H3;4-7,10H,8-9,11H2,1-3H3;1H/q+1;;;/p-1/b;14-10+;;. The second-order valence-corrected chi connectivity index (χ2v) is 24.2. The quantitative estimate of drug-likeness (QED) is 0.0213. The van der Waals surface area contributed by atoms with Gasteiger partial charge < -0.3 is 55.1 Å². The largest absolute Gasteiger partial charge is 1.00 e. The van der Waals surface area contributed by atoms with Crippen molar-refractivity contribution in [2.45, 2.75) is 72.3 Å². The van der Waals surface area contributed by atoms with Crippen LogP contribution in [0.4, 0.5) is 9.59 Å². The number of amides is 2. The van der Waals surface area contributed by atoms with E-state index in [1.807, 2.05) is 110 Å². The minimum atomic E-state index is -2.19. The Labute approximate surface area is 470 Å². The normalized spacial score (nSPS) is 11.5. The molecule has 0 aliphatic rings. The summed E-state index contributed by atoms with van der Waals surface area (Å²) in [4.78, 5) is 62.0. The summed E-state index contributed by atoms with van der Waals surface area (Å²) >= 11 is 4.43. The van der Waals surface area contributed by atoms with Crippen LogP contribution in [-0.4, -0.2) is 111 Å². The van der Waals surface area contributed by atoms with Crippen LogP contribution in [0.3, 0.4) is 0 Å². The summed E-state index contributed by atoms with van der Waals surface area (Å²) in [5.41, 5.74) is -1.04. The zero-order chi connectivity index (χ0) is 53.3. The van der Waals surface area contributed by atoms with E-state index in [1.165, 1.54) is 39.9 Å². The highest BCUT2D eigenvalue weighted by molar-refractivity contribution is 14.1. The van der Waals surface area contributed by atoms with Gasteiger partial charge in [0.05, 0.1) is 33.9 Å². The number of carbonyl (C=O) groups is 5. The van der Waals surface area contributed by atoms with Gasteiger partial charge in [-0.2, -0.15) is 0 Å². The number of nitrogens with zero attached hydrogens (tertiary/aromatic N) is 2. The molecule has 0 saturated heterocycles. The molecule has 0 radical (unpaired) electrons. The summed E-state index contributed by atoms with van der Waals surface area (Å²) in [5, 5.41) is 3.56. The molecule has 73 heavy (non-hydrogen) atoms. The van der Waals surface area contributed by atoms with Crippen LogP contribution in [0.5, 0.6) is 11.5 Å². The van der Waals surface area contributed by atoms with Gasteiger partial charge in [-0.1, -0.05) is 60.7 Å². The molecule has 0 spiro atoms. The van der Waals surface area contributed by atoms with Crippen molar-refractivity contribution in [1.82, 2.24) is 9.80 Å². The second-order valence-electron chi connectivity index (χ2n) is 17.9. The molecule has 1 atom stereocenters. The molecule has 0 aliphatic carbocycles. The molecule has 13 nitrogen and oxygen atoms in total. The fourth-order valence-electron chi connectivity index (χ4n) is 6.79. The number of halogens is 3. The molecule has 0 N–H and O–H groups in total. The lowest BCUT2D eigenvalue weighted by Gasteiger charge is -2.31. The first kappa shape index (κ1) is 64.1. The van der Waals surface area contributed by atoms with Crippen molar-refractivity contribution in [3.05, 3.63) is 158 Å². The third kappa shape index (κ3) is 22.1. The Balaban J connectivity index is 0.000000375. The highest BCUT2D eigenvalue weighted by Gasteiger charge is 2.54. The third-order valence-corrected chi connectivity index (χ3v) is 16.4. The van der Waals surface area contributed by atoms with E-state index in [-0.39, 0.29) is 41.7 Å². The molecule has 5 aromatic carbocycles. The van der Waals surface area contributed by atoms with Crippen molar-refractivity contribution in [3.8, 4) is 11.5 Å². The molecule has 0 aliphatic heterocycles. The molecule has 394 valence electrons. The number of methoxy groups -OCH3 is 2. The first-order valence-electron chi connectivity index (χ1n) is 23.2. The van der Waals surface area contributed by atoms with Gasteiger partial charge in [0.25, 0.3) is 0 Å². The second kappa shape index (κ2) is 32.3. The lowest BCUT2D eigenvalue weighted by atomic mass is 10.2. The Morgan fingerprint density at radius 2 is 0.932 bits per heavy atom. The molecule has 5 aromatic rings. The van der Waals surface area contributed by atoms with Crippen LogP contribution < -0.4 is 42.4 Å². The number of benzene rings is 5. The Morgan fingerprint density at radius 3 is 1.25 bits per heavy atom. The molecule has 2 amide bonds. The van der Waals surface area contributed by atoms with E-state index >= 15 is 0 Å². The molecule has 0 bridgehead atoms. The molecule has 1 unspecified atom stereocenters. The Bertz CT molecular complexity index is 2380. The van der Waals surface area contributed by atoms with E-state index in [0.29, 0.717) is 38.2 Å². The van der Waals surface area contributed by atoms with Crippen LogP contribution in [0, 0.1) is 7.14 Å². The third-order valence-electron chi connectivity index (χ3n) is 10.2. The van der Waals surface area contributed by atoms with Crippen LogP contribution >= 0.6 is 52.4 Å². The van der Waals surface area contributed by atoms with Gasteiger partial charge in [0.2, 0.25) is 0 Å². The van der Waals surface area contributed by atoms with Crippen LogP contribution in [-0.2, 0) is 33.3 Å². The van der Waals surface area contributed by atoms with Crippen LogP contribution in [0.15, 0.2) is 151 Å². The number of aldehydes is 1. The van der Waals surface area contributed by atoms with Gasteiger partial charge in [0, 0.05) is 19.3 Å². The SMILES string of the molecule is CC(C)(C)OC(=O)N(CC=O)CCOc1ccc(I)cc1.COC(=O)/C(C)=C/CN(CCOc1ccc(I)cc1)C(=O)OC(C)(C)C.COC(=O)C(C)[P+](c1ccccc1)(c1ccccc1)c1ccccc1.[Br-]. The van der Waals surface area contributed by atoms with Crippen molar-refractivity contribution in [3.63, 3.8) is 0 Å². The first-order valence-corrected chi connectivity index (χ1v) is 27.2. The van der Waals surface area contributed by atoms with E-state index in [2.05, 4.69) is 86.3 Å². The molecule has 5 rings (SSSR count). The summed E-state index contributed by atoms with van der Waals surface area (Å²) in [6, 6.07) is 46.3. The lowest BCUT2D eigenvalue weighted by molar-refractivity contribution is -0.139. The minimum absolute atomic E-state index is 0. The van der Waals surface area contributed by atoms with Crippen LogP contribution in [0.2, 0.25) is 0 Å². The number of hydrogen-bond donors (Lipinski definition) is 0. The molecule has 0 fully saturated rings. The highest BCUT2D eigenvalue weighted by atomic mass is 127. The van der Waals surface area contributed by atoms with E-state index in [9.17, 15) is 24.0 Å². The topological polar surface area (TPSA) is 147 Å². The Kier molecular flexibility index (Phi) is 28.4. The van der Waals surface area contributed by atoms with Crippen molar-refractivity contribution in [2.75, 3.05) is 53.6 Å². The highest BCUT2D eigenvalue weighted by Crippen LogP contribution is 2.59. The number of carbonyl (C=O) groups excluding carboxylic acids is 5. The van der Waals surface area contributed by atoms with E-state index in [4.69, 9.17) is 23.7 Å². The summed E-state index contributed by atoms with van der Waals surface area (Å²) in [6.07, 6.45) is 1.34. The van der Waals surface area contributed by atoms with Gasteiger partial charge in [-0.25, -0.2) is 19.2 Å². The van der Waals surface area contributed by atoms with E-state index in [0.717, 1.165) is 18.6 Å². The van der Waals surface area contributed by atoms with Crippen molar-refractivity contribution >= 4 is 98.8 Å². The van der Waals surface area contributed by atoms with Gasteiger partial charge in [0.15, 0.2) is 5.66 Å². The van der Waals surface area contributed by atoms with Gasteiger partial charge >= 0.3 is 24.1 Å². The van der Waals surface area contributed by atoms with Gasteiger partial charge in [-0.05, 0) is 186 Å². The van der Waals surface area contributed by atoms with E-state index in [1.54, 1.807) is 54.5 Å². The fraction of sp³-hybridized carbons (Fsp3) is 0.339. The molecular formula is C56H68BrI2N2O11P. The average Bonchev–Trinajstić information content (AvgIpc) is 3.35. The zero-order valence-electron chi connectivity index (χ0n) is 43.2. The van der Waals surface area contributed by atoms with Crippen LogP contribution in [0.25, 0.3) is 0 Å². The van der Waals surface area contributed by atoms with Crippen molar-refractivity contribution in [2.24, 2.45) is 0 Å². The van der Waals surface area contributed by atoms with Crippen molar-refractivity contribution in [1.29, 1.82) is 0 Å². The molecule has 0 aromatic heterocycles. The first-order chi connectivity index (χ1) is 34.1. The maximum atomic E-state index is 12.7.